The van der Waals surface area contributed by atoms with Crippen molar-refractivity contribution in [2.75, 3.05) is 12.4 Å². The Balaban J connectivity index is 1.87. The molecule has 0 aliphatic carbocycles. The molecule has 3 aromatic heterocycles. The van der Waals surface area contributed by atoms with Crippen molar-refractivity contribution in [2.24, 2.45) is 0 Å². The van der Waals surface area contributed by atoms with E-state index in [1.54, 1.807) is 25.6 Å². The highest BCUT2D eigenvalue weighted by Crippen LogP contribution is 2.31. The Labute approximate surface area is 132 Å². The summed E-state index contributed by atoms with van der Waals surface area (Å²) in [6, 6.07) is 11.6. The normalized spacial score (nSPS) is 10.8. The van der Waals surface area contributed by atoms with Gasteiger partial charge in [-0.25, -0.2) is 9.97 Å². The zero-order valence-corrected chi connectivity index (χ0v) is 12.4. The van der Waals surface area contributed by atoms with E-state index in [2.05, 4.69) is 25.4 Å². The number of hydrogen-bond acceptors (Lipinski definition) is 6. The van der Waals surface area contributed by atoms with Crippen molar-refractivity contribution in [3.05, 3.63) is 55.0 Å². The molecule has 4 aromatic rings. The van der Waals surface area contributed by atoms with Gasteiger partial charge in [0.1, 0.15) is 5.52 Å². The van der Waals surface area contributed by atoms with E-state index in [4.69, 9.17) is 4.52 Å². The van der Waals surface area contributed by atoms with E-state index in [1.807, 2.05) is 36.4 Å². The van der Waals surface area contributed by atoms with Crippen LogP contribution in [-0.2, 0) is 0 Å². The lowest BCUT2D eigenvalue weighted by molar-refractivity contribution is 0.441. The fraction of sp³-hybridized carbons (Fsp3) is 0.0588. The van der Waals surface area contributed by atoms with E-state index in [0.29, 0.717) is 11.7 Å². The molecule has 0 aliphatic rings. The molecular weight excluding hydrogens is 290 g/mol. The molecule has 23 heavy (non-hydrogen) atoms. The van der Waals surface area contributed by atoms with Crippen LogP contribution in [0.2, 0.25) is 0 Å². The first-order valence-corrected chi connectivity index (χ1v) is 7.16. The maximum absolute atomic E-state index is 5.50. The topological polar surface area (TPSA) is 76.7 Å². The Morgan fingerprint density at radius 1 is 1.04 bits per heavy atom. The molecule has 112 valence electrons. The number of nitrogens with zero attached hydrogens (tertiary/aromatic N) is 4. The first-order valence-electron chi connectivity index (χ1n) is 7.16. The summed E-state index contributed by atoms with van der Waals surface area (Å²) in [7, 11) is 1.79. The second-order valence-electron chi connectivity index (χ2n) is 5.00. The summed E-state index contributed by atoms with van der Waals surface area (Å²) in [5, 5.41) is 7.99. The number of anilines is 1. The molecule has 0 aliphatic heterocycles. The van der Waals surface area contributed by atoms with Gasteiger partial charge in [0.15, 0.2) is 5.76 Å². The fourth-order valence-electron chi connectivity index (χ4n) is 2.45. The fourth-order valence-corrected chi connectivity index (χ4v) is 2.45. The van der Waals surface area contributed by atoms with Gasteiger partial charge in [-0.2, -0.15) is 0 Å². The Kier molecular flexibility index (Phi) is 3.20. The molecule has 6 nitrogen and oxygen atoms in total. The highest BCUT2D eigenvalue weighted by molar-refractivity contribution is 5.94. The molecule has 4 rings (SSSR count). The van der Waals surface area contributed by atoms with E-state index in [0.717, 1.165) is 27.7 Å². The maximum Gasteiger partial charge on any atom is 0.222 e. The predicted molar refractivity (Wildman–Crippen MR) is 87.8 cm³/mol. The number of pyridine rings is 1. The van der Waals surface area contributed by atoms with Crippen LogP contribution in [0.25, 0.3) is 33.5 Å². The first kappa shape index (κ1) is 13.4. The van der Waals surface area contributed by atoms with Gasteiger partial charge in [-0.3, -0.25) is 4.98 Å². The van der Waals surface area contributed by atoms with Crippen molar-refractivity contribution in [1.82, 2.24) is 20.1 Å². The van der Waals surface area contributed by atoms with Crippen LogP contribution >= 0.6 is 0 Å². The molecule has 0 spiro atoms. The highest BCUT2D eigenvalue weighted by atomic mass is 16.5. The van der Waals surface area contributed by atoms with Gasteiger partial charge in [0.2, 0.25) is 5.95 Å². The smallest absolute Gasteiger partial charge is 0.222 e. The summed E-state index contributed by atoms with van der Waals surface area (Å²) in [4.78, 5) is 12.7. The lowest BCUT2D eigenvalue weighted by atomic mass is 10.1. The van der Waals surface area contributed by atoms with E-state index in [1.165, 1.54) is 0 Å². The molecule has 3 heterocycles. The summed E-state index contributed by atoms with van der Waals surface area (Å²) >= 11 is 0. The molecule has 0 atom stereocenters. The monoisotopic (exact) mass is 303 g/mol. The lowest BCUT2D eigenvalue weighted by Gasteiger charge is -2.03. The van der Waals surface area contributed by atoms with Crippen LogP contribution in [0.5, 0.6) is 0 Å². The van der Waals surface area contributed by atoms with Crippen LogP contribution in [0.3, 0.4) is 0 Å². The first-order chi connectivity index (χ1) is 11.3. The number of aromatic nitrogens is 4. The van der Waals surface area contributed by atoms with Gasteiger partial charge in [0.25, 0.3) is 0 Å². The van der Waals surface area contributed by atoms with Crippen molar-refractivity contribution < 1.29 is 4.52 Å². The van der Waals surface area contributed by atoms with Crippen LogP contribution in [-0.4, -0.2) is 27.2 Å². The largest absolute Gasteiger partial charge is 0.357 e. The number of rotatable bonds is 3. The van der Waals surface area contributed by atoms with Crippen LogP contribution in [0.1, 0.15) is 0 Å². The van der Waals surface area contributed by atoms with E-state index in [-0.39, 0.29) is 0 Å². The van der Waals surface area contributed by atoms with Crippen LogP contribution in [0.15, 0.2) is 59.5 Å². The summed E-state index contributed by atoms with van der Waals surface area (Å²) in [5.74, 6) is 1.29. The molecular formula is C17H13N5O. The molecule has 6 heteroatoms. The van der Waals surface area contributed by atoms with Crippen molar-refractivity contribution in [3.63, 3.8) is 0 Å². The van der Waals surface area contributed by atoms with E-state index >= 15 is 0 Å². The summed E-state index contributed by atoms with van der Waals surface area (Å²) in [6.07, 6.45) is 5.22. The minimum Gasteiger partial charge on any atom is -0.357 e. The standard InChI is InChI=1S/C17H13N5O/c1-18-17-20-8-6-14(21-17)11-4-5-15-13(9-11)16(23-22-15)12-3-2-7-19-10-12/h2-10H,1H3,(H,18,20,21). The average molecular weight is 303 g/mol. The Morgan fingerprint density at radius 3 is 2.83 bits per heavy atom. The Bertz CT molecular complexity index is 965. The molecule has 0 saturated heterocycles. The van der Waals surface area contributed by atoms with E-state index < -0.39 is 0 Å². The van der Waals surface area contributed by atoms with Crippen LogP contribution in [0, 0.1) is 0 Å². The minimum absolute atomic E-state index is 0.584. The molecule has 0 amide bonds. The van der Waals surface area contributed by atoms with Crippen molar-refractivity contribution in [3.8, 4) is 22.6 Å². The minimum atomic E-state index is 0.584. The number of fused-ring (bicyclic) bond motifs is 1. The van der Waals surface area contributed by atoms with Crippen LogP contribution in [0.4, 0.5) is 5.95 Å². The van der Waals surface area contributed by atoms with Gasteiger partial charge < -0.3 is 9.84 Å². The highest BCUT2D eigenvalue weighted by Gasteiger charge is 2.12. The summed E-state index contributed by atoms with van der Waals surface area (Å²) < 4.78 is 5.50. The van der Waals surface area contributed by atoms with Gasteiger partial charge >= 0.3 is 0 Å². The molecule has 0 radical (unpaired) electrons. The summed E-state index contributed by atoms with van der Waals surface area (Å²) in [5.41, 5.74) is 3.51. The van der Waals surface area contributed by atoms with Gasteiger partial charge in [0, 0.05) is 36.8 Å². The Hall–Kier alpha value is -3.28. The molecule has 0 unspecified atom stereocenters. The zero-order valence-electron chi connectivity index (χ0n) is 12.4. The number of benzene rings is 1. The maximum atomic E-state index is 5.50. The second-order valence-corrected chi connectivity index (χ2v) is 5.00. The van der Waals surface area contributed by atoms with Gasteiger partial charge in [-0.1, -0.05) is 11.2 Å². The third-order valence-electron chi connectivity index (χ3n) is 3.58. The molecule has 0 bridgehead atoms. The van der Waals surface area contributed by atoms with Crippen molar-refractivity contribution in [1.29, 1.82) is 0 Å². The third kappa shape index (κ3) is 2.40. The Morgan fingerprint density at radius 2 is 2.00 bits per heavy atom. The zero-order chi connectivity index (χ0) is 15.6. The van der Waals surface area contributed by atoms with Gasteiger partial charge in [-0.05, 0) is 30.3 Å². The van der Waals surface area contributed by atoms with Crippen LogP contribution < -0.4 is 5.32 Å². The van der Waals surface area contributed by atoms with E-state index in [9.17, 15) is 0 Å². The second kappa shape index (κ2) is 5.49. The molecule has 1 N–H and O–H groups in total. The SMILES string of the molecule is CNc1nccc(-c2ccc3noc(-c4cccnc4)c3c2)n1. The van der Waals surface area contributed by atoms with Gasteiger partial charge in [-0.15, -0.1) is 0 Å². The lowest BCUT2D eigenvalue weighted by Crippen LogP contribution is -1.96. The quantitative estimate of drug-likeness (QED) is 0.625. The van der Waals surface area contributed by atoms with Crippen molar-refractivity contribution >= 4 is 16.9 Å². The number of nitrogens with one attached hydrogen (secondary N) is 1. The third-order valence-corrected chi connectivity index (χ3v) is 3.58. The molecule has 1 aromatic carbocycles. The average Bonchev–Trinajstić information content (AvgIpc) is 3.05. The summed E-state index contributed by atoms with van der Waals surface area (Å²) in [6.45, 7) is 0. The molecule has 0 saturated carbocycles. The van der Waals surface area contributed by atoms with Crippen molar-refractivity contribution in [2.45, 2.75) is 0 Å². The molecule has 0 fully saturated rings. The predicted octanol–water partition coefficient (Wildman–Crippen LogP) is 3.39. The number of hydrogen-bond donors (Lipinski definition) is 1. The van der Waals surface area contributed by atoms with Gasteiger partial charge in [0.05, 0.1) is 11.1 Å².